The van der Waals surface area contributed by atoms with E-state index >= 15 is 0 Å². The fourth-order valence-corrected chi connectivity index (χ4v) is 6.38. The quantitative estimate of drug-likeness (QED) is 0.408. The standard InChI is InChI=1S/C34H36F2N4O5/c1-39-29-11-9-25(17-32(41)37-24-13-14-40(19-24)18-21-5-3-2-4-6-21)45-31(29)20-44-30-12-8-23(16-26(30)34(39)43)38-33(42)22-7-10-27(35)28(36)15-22/h2-8,10,12,15-16,24-25,29,31H,9,11,13-14,17-20H2,1H3,(H,37,41)(H,38,42)/t24-,25-,29-,31-/m0/s1. The van der Waals surface area contributed by atoms with Gasteiger partial charge in [-0.3, -0.25) is 19.3 Å². The minimum atomic E-state index is -1.13. The van der Waals surface area contributed by atoms with Crippen LogP contribution in [0.5, 0.6) is 5.75 Å². The van der Waals surface area contributed by atoms with Crippen molar-refractivity contribution in [2.75, 3.05) is 32.1 Å². The Morgan fingerprint density at radius 1 is 0.978 bits per heavy atom. The number of likely N-dealkylation sites (N-methyl/N-ethyl adjacent to an activating group) is 1. The van der Waals surface area contributed by atoms with Crippen molar-refractivity contribution in [3.8, 4) is 5.75 Å². The van der Waals surface area contributed by atoms with E-state index in [0.717, 1.165) is 38.2 Å². The van der Waals surface area contributed by atoms with Crippen LogP contribution < -0.4 is 15.4 Å². The third-order valence-electron chi connectivity index (χ3n) is 8.75. The van der Waals surface area contributed by atoms with E-state index in [1.807, 2.05) is 18.2 Å². The topological polar surface area (TPSA) is 100 Å². The SMILES string of the molecule is CN1C(=O)c2cc(NC(=O)c3ccc(F)c(F)c3)ccc2OC[C@@H]2O[C@H](CC(=O)N[C@H]3CCN(Cc4ccccc4)C3)CC[C@@H]21. The molecule has 45 heavy (non-hydrogen) atoms. The Bertz CT molecular complexity index is 1570. The van der Waals surface area contributed by atoms with Crippen molar-refractivity contribution in [1.29, 1.82) is 0 Å². The summed E-state index contributed by atoms with van der Waals surface area (Å²) in [5.41, 5.74) is 1.77. The van der Waals surface area contributed by atoms with Gasteiger partial charge < -0.3 is 25.0 Å². The fraction of sp³-hybridized carbons (Fsp3) is 0.382. The monoisotopic (exact) mass is 618 g/mol. The Morgan fingerprint density at radius 3 is 2.60 bits per heavy atom. The number of hydrogen-bond acceptors (Lipinski definition) is 6. The molecule has 3 aliphatic rings. The molecule has 2 fully saturated rings. The maximum Gasteiger partial charge on any atom is 0.257 e. The van der Waals surface area contributed by atoms with Gasteiger partial charge >= 0.3 is 0 Å². The number of ether oxygens (including phenoxy) is 2. The number of fused-ring (bicyclic) bond motifs is 2. The average molecular weight is 619 g/mol. The van der Waals surface area contributed by atoms with E-state index in [1.54, 1.807) is 24.1 Å². The van der Waals surface area contributed by atoms with Crippen molar-refractivity contribution in [3.63, 3.8) is 0 Å². The van der Waals surface area contributed by atoms with Crippen LogP contribution in [0.4, 0.5) is 14.5 Å². The van der Waals surface area contributed by atoms with E-state index in [2.05, 4.69) is 27.7 Å². The predicted molar refractivity (Wildman–Crippen MR) is 163 cm³/mol. The zero-order valence-electron chi connectivity index (χ0n) is 25.0. The lowest BCUT2D eigenvalue weighted by Crippen LogP contribution is -2.54. The Labute approximate surface area is 260 Å². The molecule has 2 N–H and O–H groups in total. The highest BCUT2D eigenvalue weighted by molar-refractivity contribution is 6.05. The molecule has 11 heteroatoms. The molecule has 0 bridgehead atoms. The molecule has 4 atom stereocenters. The van der Waals surface area contributed by atoms with Gasteiger partial charge in [0.15, 0.2) is 11.6 Å². The van der Waals surface area contributed by atoms with Gasteiger partial charge in [-0.2, -0.15) is 0 Å². The van der Waals surface area contributed by atoms with Gasteiger partial charge in [-0.25, -0.2) is 8.78 Å². The number of hydrogen-bond donors (Lipinski definition) is 2. The van der Waals surface area contributed by atoms with E-state index in [9.17, 15) is 23.2 Å². The van der Waals surface area contributed by atoms with Crippen molar-refractivity contribution < 1.29 is 32.6 Å². The molecule has 3 aromatic carbocycles. The Morgan fingerprint density at radius 2 is 1.80 bits per heavy atom. The average Bonchev–Trinajstić information content (AvgIpc) is 3.47. The van der Waals surface area contributed by atoms with Crippen molar-refractivity contribution in [2.45, 2.75) is 56.5 Å². The van der Waals surface area contributed by atoms with Crippen molar-refractivity contribution in [1.82, 2.24) is 15.1 Å². The van der Waals surface area contributed by atoms with Gasteiger partial charge in [0.25, 0.3) is 11.8 Å². The van der Waals surface area contributed by atoms with Crippen molar-refractivity contribution >= 4 is 23.4 Å². The molecule has 3 aromatic rings. The molecule has 0 aliphatic carbocycles. The molecule has 0 unspecified atom stereocenters. The van der Waals surface area contributed by atoms with Crippen molar-refractivity contribution in [2.24, 2.45) is 0 Å². The van der Waals surface area contributed by atoms with Crippen LogP contribution in [-0.2, 0) is 16.1 Å². The molecular weight excluding hydrogens is 582 g/mol. The number of nitrogens with zero attached hydrogens (tertiary/aromatic N) is 2. The number of likely N-dealkylation sites (tertiary alicyclic amines) is 1. The molecule has 236 valence electrons. The minimum Gasteiger partial charge on any atom is -0.490 e. The third kappa shape index (κ3) is 7.15. The van der Waals surface area contributed by atoms with Crippen LogP contribution in [0.1, 0.15) is 52.0 Å². The second-order valence-corrected chi connectivity index (χ2v) is 11.9. The van der Waals surface area contributed by atoms with E-state index in [4.69, 9.17) is 9.47 Å². The summed E-state index contributed by atoms with van der Waals surface area (Å²) in [4.78, 5) is 43.1. The number of anilines is 1. The molecule has 3 aliphatic heterocycles. The lowest BCUT2D eigenvalue weighted by atomic mass is 9.94. The second kappa shape index (κ2) is 13.3. The maximum atomic E-state index is 13.6. The molecule has 9 nitrogen and oxygen atoms in total. The van der Waals surface area contributed by atoms with Crippen LogP contribution in [0.3, 0.4) is 0 Å². The molecule has 0 radical (unpaired) electrons. The van der Waals surface area contributed by atoms with Gasteiger partial charge in [-0.05, 0) is 61.2 Å². The highest BCUT2D eigenvalue weighted by Gasteiger charge is 2.39. The summed E-state index contributed by atoms with van der Waals surface area (Å²) in [5.74, 6) is -2.82. The fourth-order valence-electron chi connectivity index (χ4n) is 6.38. The number of nitrogens with one attached hydrogen (secondary N) is 2. The summed E-state index contributed by atoms with van der Waals surface area (Å²) in [6.07, 6.45) is 1.71. The summed E-state index contributed by atoms with van der Waals surface area (Å²) in [6, 6.07) is 17.7. The minimum absolute atomic E-state index is 0.0375. The maximum absolute atomic E-state index is 13.6. The summed E-state index contributed by atoms with van der Waals surface area (Å²) in [7, 11) is 1.71. The van der Waals surface area contributed by atoms with Crippen LogP contribution in [0.25, 0.3) is 0 Å². The van der Waals surface area contributed by atoms with E-state index in [-0.39, 0.29) is 54.2 Å². The lowest BCUT2D eigenvalue weighted by molar-refractivity contribution is -0.134. The van der Waals surface area contributed by atoms with Gasteiger partial charge in [-0.15, -0.1) is 0 Å². The Kier molecular flexibility index (Phi) is 9.09. The summed E-state index contributed by atoms with van der Waals surface area (Å²) in [5, 5.41) is 5.80. The first-order valence-electron chi connectivity index (χ1n) is 15.2. The molecule has 6 rings (SSSR count). The number of benzene rings is 3. The van der Waals surface area contributed by atoms with E-state index in [0.29, 0.717) is 24.3 Å². The summed E-state index contributed by atoms with van der Waals surface area (Å²) >= 11 is 0. The summed E-state index contributed by atoms with van der Waals surface area (Å²) in [6.45, 7) is 2.80. The molecule has 3 amide bonds. The molecule has 0 saturated carbocycles. The van der Waals surface area contributed by atoms with Gasteiger partial charge in [-0.1, -0.05) is 30.3 Å². The smallest absolute Gasteiger partial charge is 0.257 e. The number of carbonyl (C=O) groups excluding carboxylic acids is 3. The number of rotatable bonds is 7. The normalized spacial score (nSPS) is 23.3. The lowest BCUT2D eigenvalue weighted by Gasteiger charge is -2.42. The first-order valence-corrected chi connectivity index (χ1v) is 15.2. The van der Waals surface area contributed by atoms with Crippen LogP contribution in [0.15, 0.2) is 66.7 Å². The van der Waals surface area contributed by atoms with Crippen LogP contribution in [-0.4, -0.2) is 78.6 Å². The van der Waals surface area contributed by atoms with Crippen LogP contribution >= 0.6 is 0 Å². The first-order chi connectivity index (χ1) is 21.7. The van der Waals surface area contributed by atoms with Gasteiger partial charge in [0, 0.05) is 44.0 Å². The number of halogens is 2. The second-order valence-electron chi connectivity index (χ2n) is 11.9. The first kappa shape index (κ1) is 30.7. The highest BCUT2D eigenvalue weighted by atomic mass is 19.2. The molecule has 0 spiro atoms. The molecule has 3 heterocycles. The highest BCUT2D eigenvalue weighted by Crippen LogP contribution is 2.33. The van der Waals surface area contributed by atoms with Gasteiger partial charge in [0.05, 0.1) is 24.1 Å². The Hall–Kier alpha value is -4.35. The van der Waals surface area contributed by atoms with Crippen LogP contribution in [0.2, 0.25) is 0 Å². The van der Waals surface area contributed by atoms with Crippen LogP contribution in [0, 0.1) is 11.6 Å². The zero-order valence-corrected chi connectivity index (χ0v) is 25.0. The summed E-state index contributed by atoms with van der Waals surface area (Å²) < 4.78 is 39.2. The Balaban J connectivity index is 1.04. The van der Waals surface area contributed by atoms with E-state index < -0.39 is 23.6 Å². The predicted octanol–water partition coefficient (Wildman–Crippen LogP) is 4.38. The molecule has 0 aromatic heterocycles. The van der Waals surface area contributed by atoms with Gasteiger partial charge in [0.2, 0.25) is 5.91 Å². The molecular formula is C34H36F2N4O5. The third-order valence-corrected chi connectivity index (χ3v) is 8.75. The molecule has 2 saturated heterocycles. The largest absolute Gasteiger partial charge is 0.490 e. The number of carbonyl (C=O) groups is 3. The van der Waals surface area contributed by atoms with Gasteiger partial charge in [0.1, 0.15) is 18.5 Å². The van der Waals surface area contributed by atoms with E-state index in [1.165, 1.54) is 17.7 Å². The number of amides is 3. The van der Waals surface area contributed by atoms with Crippen molar-refractivity contribution in [3.05, 3.63) is 95.1 Å². The zero-order chi connectivity index (χ0) is 31.5.